The fraction of sp³-hybridized carbons (Fsp3) is 0.455. The van der Waals surface area contributed by atoms with Gasteiger partial charge in [-0.3, -0.25) is 4.79 Å². The third-order valence-corrected chi connectivity index (χ3v) is 2.25. The highest BCUT2D eigenvalue weighted by Gasteiger charge is 2.08. The van der Waals surface area contributed by atoms with Gasteiger partial charge in [0, 0.05) is 12.8 Å². The van der Waals surface area contributed by atoms with E-state index in [4.69, 9.17) is 16.3 Å². The van der Waals surface area contributed by atoms with Crippen LogP contribution in [0.15, 0.2) is 12.3 Å². The van der Waals surface area contributed by atoms with E-state index in [1.807, 2.05) is 13.8 Å². The minimum atomic E-state index is -0.216. The first-order chi connectivity index (χ1) is 7.65. The molecule has 1 amide bonds. The molecule has 1 aromatic heterocycles. The second-order valence-corrected chi connectivity index (χ2v) is 3.75. The largest absolute Gasteiger partial charge is 0.372 e. The number of aryl methyl sites for hydroxylation is 1. The first-order valence-electron chi connectivity index (χ1n) is 5.13. The molecule has 0 aliphatic heterocycles. The Morgan fingerprint density at radius 2 is 2.38 bits per heavy atom. The maximum atomic E-state index is 11.5. The highest BCUT2D eigenvalue weighted by Crippen LogP contribution is 2.22. The van der Waals surface area contributed by atoms with Crippen LogP contribution >= 0.6 is 11.6 Å². The number of aromatic nitrogens is 1. The highest BCUT2D eigenvalue weighted by atomic mass is 35.5. The smallest absolute Gasteiger partial charge is 0.250 e. The molecule has 0 saturated carbocycles. The number of pyridine rings is 1. The van der Waals surface area contributed by atoms with Gasteiger partial charge in [-0.15, -0.1) is 0 Å². The van der Waals surface area contributed by atoms with E-state index in [-0.39, 0.29) is 12.5 Å². The number of nitrogens with zero attached hydrogens (tertiary/aromatic N) is 1. The Morgan fingerprint density at radius 1 is 1.62 bits per heavy atom. The normalized spacial score (nSPS) is 10.2. The Hall–Kier alpha value is -1.13. The van der Waals surface area contributed by atoms with Crippen molar-refractivity contribution in [2.75, 3.05) is 18.5 Å². The van der Waals surface area contributed by atoms with Crippen LogP contribution in [0.2, 0.25) is 5.15 Å². The zero-order chi connectivity index (χ0) is 12.0. The number of hydrogen-bond donors (Lipinski definition) is 1. The van der Waals surface area contributed by atoms with Crippen molar-refractivity contribution in [2.24, 2.45) is 0 Å². The molecule has 0 aliphatic rings. The lowest BCUT2D eigenvalue weighted by atomic mass is 10.2. The summed E-state index contributed by atoms with van der Waals surface area (Å²) in [4.78, 5) is 15.4. The van der Waals surface area contributed by atoms with Crippen LogP contribution < -0.4 is 5.32 Å². The predicted octanol–water partition coefficient (Wildman–Crippen LogP) is 2.41. The van der Waals surface area contributed by atoms with E-state index in [9.17, 15) is 4.79 Å². The second kappa shape index (κ2) is 6.45. The zero-order valence-corrected chi connectivity index (χ0v) is 10.2. The molecule has 0 bridgehead atoms. The minimum Gasteiger partial charge on any atom is -0.372 e. The SMILES string of the molecule is CCCOCC(=O)Nc1c(C)ccnc1Cl. The van der Waals surface area contributed by atoms with Crippen LogP contribution in [0.25, 0.3) is 0 Å². The molecule has 0 unspecified atom stereocenters. The van der Waals surface area contributed by atoms with Crippen LogP contribution in [0.1, 0.15) is 18.9 Å². The number of carbonyl (C=O) groups excluding carboxylic acids is 1. The summed E-state index contributed by atoms with van der Waals surface area (Å²) in [6.07, 6.45) is 2.49. The fourth-order valence-corrected chi connectivity index (χ4v) is 1.41. The number of amides is 1. The monoisotopic (exact) mass is 242 g/mol. The summed E-state index contributed by atoms with van der Waals surface area (Å²) in [6.45, 7) is 4.46. The van der Waals surface area contributed by atoms with Gasteiger partial charge in [0.15, 0.2) is 5.15 Å². The molecule has 0 aliphatic carbocycles. The van der Waals surface area contributed by atoms with E-state index in [2.05, 4.69) is 10.3 Å². The number of carbonyl (C=O) groups is 1. The lowest BCUT2D eigenvalue weighted by Gasteiger charge is -2.09. The van der Waals surface area contributed by atoms with Gasteiger partial charge in [-0.2, -0.15) is 0 Å². The quantitative estimate of drug-likeness (QED) is 0.637. The molecule has 4 nitrogen and oxygen atoms in total. The lowest BCUT2D eigenvalue weighted by molar-refractivity contribution is -0.120. The Labute approximate surface area is 100.0 Å². The molecule has 5 heteroatoms. The van der Waals surface area contributed by atoms with E-state index in [0.29, 0.717) is 17.4 Å². The van der Waals surface area contributed by atoms with Gasteiger partial charge in [-0.1, -0.05) is 18.5 Å². The molecule has 1 N–H and O–H groups in total. The molecular weight excluding hydrogens is 228 g/mol. The number of ether oxygens (including phenoxy) is 1. The van der Waals surface area contributed by atoms with Crippen molar-refractivity contribution in [1.29, 1.82) is 0 Å². The summed E-state index contributed by atoms with van der Waals surface area (Å²) in [5, 5.41) is 2.97. The van der Waals surface area contributed by atoms with Crippen LogP contribution in [0.5, 0.6) is 0 Å². The molecule has 1 rings (SSSR count). The molecule has 1 aromatic rings. The Balaban J connectivity index is 2.56. The Bertz CT molecular complexity index is 349. The molecule has 0 atom stereocenters. The van der Waals surface area contributed by atoms with E-state index in [0.717, 1.165) is 12.0 Å². The molecule has 0 saturated heterocycles. The highest BCUT2D eigenvalue weighted by molar-refractivity contribution is 6.32. The van der Waals surface area contributed by atoms with Gasteiger partial charge in [-0.05, 0) is 25.0 Å². The first kappa shape index (κ1) is 12.9. The van der Waals surface area contributed by atoms with Crippen molar-refractivity contribution in [2.45, 2.75) is 20.3 Å². The van der Waals surface area contributed by atoms with Gasteiger partial charge in [0.2, 0.25) is 5.91 Å². The van der Waals surface area contributed by atoms with Gasteiger partial charge in [0.05, 0.1) is 5.69 Å². The molecule has 16 heavy (non-hydrogen) atoms. The van der Waals surface area contributed by atoms with E-state index >= 15 is 0 Å². The third kappa shape index (κ3) is 3.79. The van der Waals surface area contributed by atoms with Crippen LogP contribution in [0.4, 0.5) is 5.69 Å². The first-order valence-corrected chi connectivity index (χ1v) is 5.51. The molecule has 0 fully saturated rings. The second-order valence-electron chi connectivity index (χ2n) is 3.39. The van der Waals surface area contributed by atoms with Crippen LogP contribution in [-0.2, 0) is 9.53 Å². The molecule has 0 aromatic carbocycles. The maximum Gasteiger partial charge on any atom is 0.250 e. The number of rotatable bonds is 5. The van der Waals surface area contributed by atoms with E-state index in [1.165, 1.54) is 0 Å². The van der Waals surface area contributed by atoms with E-state index < -0.39 is 0 Å². The fourth-order valence-electron chi connectivity index (χ4n) is 1.16. The van der Waals surface area contributed by atoms with Gasteiger partial charge in [0.25, 0.3) is 0 Å². The summed E-state index contributed by atoms with van der Waals surface area (Å²) in [5.41, 5.74) is 1.43. The van der Waals surface area contributed by atoms with Crippen molar-refractivity contribution in [3.05, 3.63) is 23.0 Å². The van der Waals surface area contributed by atoms with Crippen molar-refractivity contribution in [3.63, 3.8) is 0 Å². The average Bonchev–Trinajstić information content (AvgIpc) is 2.24. The Morgan fingerprint density at radius 3 is 3.00 bits per heavy atom. The van der Waals surface area contributed by atoms with Crippen LogP contribution in [0.3, 0.4) is 0 Å². The Kier molecular flexibility index (Phi) is 5.22. The average molecular weight is 243 g/mol. The van der Waals surface area contributed by atoms with Crippen LogP contribution in [-0.4, -0.2) is 24.1 Å². The molecule has 1 heterocycles. The molecule has 0 radical (unpaired) electrons. The summed E-state index contributed by atoms with van der Waals surface area (Å²) < 4.78 is 5.12. The number of halogens is 1. The standard InChI is InChI=1S/C11H15ClN2O2/c1-3-6-16-7-9(15)14-10-8(2)4-5-13-11(10)12/h4-5H,3,6-7H2,1-2H3,(H,14,15). The minimum absolute atomic E-state index is 0.0402. The van der Waals surface area contributed by atoms with Gasteiger partial charge in [0.1, 0.15) is 6.61 Å². The van der Waals surface area contributed by atoms with Crippen molar-refractivity contribution in [1.82, 2.24) is 4.98 Å². The summed E-state index contributed by atoms with van der Waals surface area (Å²) in [7, 11) is 0. The zero-order valence-electron chi connectivity index (χ0n) is 9.42. The number of hydrogen-bond acceptors (Lipinski definition) is 3. The number of nitrogens with one attached hydrogen (secondary N) is 1. The van der Waals surface area contributed by atoms with Crippen molar-refractivity contribution < 1.29 is 9.53 Å². The maximum absolute atomic E-state index is 11.5. The molecular formula is C11H15ClN2O2. The molecule has 88 valence electrons. The predicted molar refractivity (Wildman–Crippen MR) is 63.7 cm³/mol. The van der Waals surface area contributed by atoms with Crippen LogP contribution in [0, 0.1) is 6.92 Å². The lowest BCUT2D eigenvalue weighted by Crippen LogP contribution is -2.19. The van der Waals surface area contributed by atoms with Gasteiger partial charge >= 0.3 is 0 Å². The topological polar surface area (TPSA) is 51.2 Å². The summed E-state index contributed by atoms with van der Waals surface area (Å²) in [6, 6.07) is 1.79. The van der Waals surface area contributed by atoms with Crippen molar-refractivity contribution in [3.8, 4) is 0 Å². The van der Waals surface area contributed by atoms with Crippen molar-refractivity contribution >= 4 is 23.2 Å². The molecule has 0 spiro atoms. The summed E-state index contributed by atoms with van der Waals surface area (Å²) in [5.74, 6) is -0.216. The van der Waals surface area contributed by atoms with Gasteiger partial charge in [-0.25, -0.2) is 4.98 Å². The number of anilines is 1. The van der Waals surface area contributed by atoms with E-state index in [1.54, 1.807) is 12.3 Å². The van der Waals surface area contributed by atoms with Gasteiger partial charge < -0.3 is 10.1 Å². The summed E-state index contributed by atoms with van der Waals surface area (Å²) >= 11 is 5.87. The third-order valence-electron chi connectivity index (χ3n) is 1.96.